The zero-order chi connectivity index (χ0) is 13.0. The largest absolute Gasteiger partial charge is 0.384 e. The third kappa shape index (κ3) is 3.62. The summed E-state index contributed by atoms with van der Waals surface area (Å²) in [5, 5.41) is 3.41. The zero-order valence-electron chi connectivity index (χ0n) is 11.8. The molecule has 0 atom stereocenters. The van der Waals surface area contributed by atoms with Crippen molar-refractivity contribution in [3.05, 3.63) is 18.5 Å². The van der Waals surface area contributed by atoms with E-state index in [0.717, 1.165) is 24.6 Å². The molecule has 0 radical (unpaired) electrons. The molecule has 0 bridgehead atoms. The van der Waals surface area contributed by atoms with E-state index in [1.54, 1.807) is 0 Å². The van der Waals surface area contributed by atoms with E-state index in [4.69, 9.17) is 0 Å². The van der Waals surface area contributed by atoms with Crippen LogP contribution in [0.4, 0.5) is 11.4 Å². The van der Waals surface area contributed by atoms with Crippen LogP contribution in [0.2, 0.25) is 0 Å². The van der Waals surface area contributed by atoms with Crippen LogP contribution in [0.5, 0.6) is 0 Å². The van der Waals surface area contributed by atoms with E-state index in [-0.39, 0.29) is 0 Å². The van der Waals surface area contributed by atoms with Gasteiger partial charge in [0, 0.05) is 19.1 Å². The summed E-state index contributed by atoms with van der Waals surface area (Å²) >= 11 is 0. The number of rotatable bonds is 7. The lowest BCUT2D eigenvalue weighted by molar-refractivity contribution is 0.644. The number of hydrogen-bond acceptors (Lipinski definition) is 3. The molecule has 1 aromatic rings. The molecule has 1 N–H and O–H groups in total. The highest BCUT2D eigenvalue weighted by Gasteiger charge is 2.25. The molecule has 0 unspecified atom stereocenters. The molecule has 1 aromatic heterocycles. The summed E-state index contributed by atoms with van der Waals surface area (Å²) in [5.74, 6) is 0.902. The van der Waals surface area contributed by atoms with Gasteiger partial charge in [-0.2, -0.15) is 0 Å². The van der Waals surface area contributed by atoms with Crippen molar-refractivity contribution in [2.24, 2.45) is 5.92 Å². The van der Waals surface area contributed by atoms with Gasteiger partial charge in [-0.1, -0.05) is 6.92 Å². The van der Waals surface area contributed by atoms with Crippen LogP contribution in [0.3, 0.4) is 0 Å². The Bertz CT molecular complexity index is 372. The van der Waals surface area contributed by atoms with Crippen molar-refractivity contribution in [1.29, 1.82) is 0 Å². The SMILES string of the molecule is CCCNc1cncc(N(CC2CC2)C(C)C)c1. The van der Waals surface area contributed by atoms with Gasteiger partial charge in [-0.15, -0.1) is 0 Å². The van der Waals surface area contributed by atoms with Crippen LogP contribution >= 0.6 is 0 Å². The molecule has 3 heteroatoms. The number of pyridine rings is 1. The van der Waals surface area contributed by atoms with Gasteiger partial charge in [0.2, 0.25) is 0 Å². The van der Waals surface area contributed by atoms with Crippen LogP contribution in [-0.4, -0.2) is 24.1 Å². The summed E-state index contributed by atoms with van der Waals surface area (Å²) in [6.45, 7) is 8.88. The van der Waals surface area contributed by atoms with Crippen LogP contribution in [0.25, 0.3) is 0 Å². The summed E-state index contributed by atoms with van der Waals surface area (Å²) < 4.78 is 0. The van der Waals surface area contributed by atoms with E-state index >= 15 is 0 Å². The van der Waals surface area contributed by atoms with Crippen molar-refractivity contribution < 1.29 is 0 Å². The van der Waals surface area contributed by atoms with E-state index in [1.165, 1.54) is 25.1 Å². The van der Waals surface area contributed by atoms with Gasteiger partial charge in [0.1, 0.15) is 0 Å². The lowest BCUT2D eigenvalue weighted by atomic mass is 10.2. The van der Waals surface area contributed by atoms with Crippen molar-refractivity contribution >= 4 is 11.4 Å². The second-order valence-corrected chi connectivity index (χ2v) is 5.55. The minimum atomic E-state index is 0.536. The predicted molar refractivity (Wildman–Crippen MR) is 78.2 cm³/mol. The average molecular weight is 247 g/mol. The Balaban J connectivity index is 2.07. The second kappa shape index (κ2) is 6.07. The second-order valence-electron chi connectivity index (χ2n) is 5.55. The molecule has 1 saturated carbocycles. The highest BCUT2D eigenvalue weighted by atomic mass is 15.2. The number of nitrogens with one attached hydrogen (secondary N) is 1. The molecule has 0 spiro atoms. The maximum atomic E-state index is 4.36. The summed E-state index contributed by atoms with van der Waals surface area (Å²) in [6, 6.07) is 2.76. The summed E-state index contributed by atoms with van der Waals surface area (Å²) in [6.07, 6.45) is 7.82. The zero-order valence-corrected chi connectivity index (χ0v) is 11.8. The fraction of sp³-hybridized carbons (Fsp3) is 0.667. The van der Waals surface area contributed by atoms with E-state index in [0.29, 0.717) is 6.04 Å². The Morgan fingerprint density at radius 2 is 2.17 bits per heavy atom. The van der Waals surface area contributed by atoms with E-state index in [1.807, 2.05) is 12.4 Å². The molecule has 1 aliphatic rings. The molecule has 3 nitrogen and oxygen atoms in total. The van der Waals surface area contributed by atoms with E-state index < -0.39 is 0 Å². The van der Waals surface area contributed by atoms with Crippen molar-refractivity contribution in [2.45, 2.75) is 46.1 Å². The summed E-state index contributed by atoms with van der Waals surface area (Å²) in [5.41, 5.74) is 2.38. The first-order valence-corrected chi connectivity index (χ1v) is 7.16. The number of hydrogen-bond donors (Lipinski definition) is 1. The molecule has 1 fully saturated rings. The molecular weight excluding hydrogens is 222 g/mol. The Labute approximate surface area is 111 Å². The lowest BCUT2D eigenvalue weighted by Gasteiger charge is -2.29. The van der Waals surface area contributed by atoms with Gasteiger partial charge in [-0.3, -0.25) is 4.98 Å². The summed E-state index contributed by atoms with van der Waals surface area (Å²) in [7, 11) is 0. The van der Waals surface area contributed by atoms with Crippen LogP contribution < -0.4 is 10.2 Å². The first-order chi connectivity index (χ1) is 8.70. The fourth-order valence-electron chi connectivity index (χ4n) is 2.14. The van der Waals surface area contributed by atoms with Crippen molar-refractivity contribution in [3.8, 4) is 0 Å². The maximum absolute atomic E-state index is 4.36. The van der Waals surface area contributed by atoms with Gasteiger partial charge in [0.25, 0.3) is 0 Å². The normalized spacial score (nSPS) is 14.9. The molecule has 0 amide bonds. The quantitative estimate of drug-likeness (QED) is 0.799. The first kappa shape index (κ1) is 13.2. The Morgan fingerprint density at radius 3 is 2.78 bits per heavy atom. The predicted octanol–water partition coefficient (Wildman–Crippen LogP) is 3.53. The number of nitrogens with zero attached hydrogens (tertiary/aromatic N) is 2. The van der Waals surface area contributed by atoms with Crippen molar-refractivity contribution in [2.75, 3.05) is 23.3 Å². The van der Waals surface area contributed by atoms with Crippen LogP contribution in [0, 0.1) is 5.92 Å². The minimum absolute atomic E-state index is 0.536. The van der Waals surface area contributed by atoms with E-state index in [9.17, 15) is 0 Å². The third-order valence-electron chi connectivity index (χ3n) is 3.41. The average Bonchev–Trinajstić information content (AvgIpc) is 3.17. The highest BCUT2D eigenvalue weighted by Crippen LogP contribution is 2.32. The van der Waals surface area contributed by atoms with Crippen LogP contribution in [0.1, 0.15) is 40.0 Å². The van der Waals surface area contributed by atoms with Crippen LogP contribution in [-0.2, 0) is 0 Å². The highest BCUT2D eigenvalue weighted by molar-refractivity contribution is 5.56. The van der Waals surface area contributed by atoms with E-state index in [2.05, 4.69) is 42.0 Å². The lowest BCUT2D eigenvalue weighted by Crippen LogP contribution is -2.32. The molecule has 2 rings (SSSR count). The number of anilines is 2. The molecule has 1 heterocycles. The molecule has 0 aliphatic heterocycles. The molecule has 0 saturated heterocycles. The third-order valence-corrected chi connectivity index (χ3v) is 3.41. The first-order valence-electron chi connectivity index (χ1n) is 7.16. The number of aromatic nitrogens is 1. The van der Waals surface area contributed by atoms with Crippen molar-refractivity contribution in [1.82, 2.24) is 4.98 Å². The van der Waals surface area contributed by atoms with Crippen LogP contribution in [0.15, 0.2) is 18.5 Å². The van der Waals surface area contributed by atoms with Gasteiger partial charge < -0.3 is 10.2 Å². The smallest absolute Gasteiger partial charge is 0.0575 e. The van der Waals surface area contributed by atoms with Gasteiger partial charge in [0.15, 0.2) is 0 Å². The monoisotopic (exact) mass is 247 g/mol. The van der Waals surface area contributed by atoms with Gasteiger partial charge in [-0.05, 0) is 45.1 Å². The molecule has 1 aliphatic carbocycles. The fourth-order valence-corrected chi connectivity index (χ4v) is 2.14. The van der Waals surface area contributed by atoms with Gasteiger partial charge >= 0.3 is 0 Å². The minimum Gasteiger partial charge on any atom is -0.384 e. The van der Waals surface area contributed by atoms with Crippen molar-refractivity contribution in [3.63, 3.8) is 0 Å². The Morgan fingerprint density at radius 1 is 1.39 bits per heavy atom. The standard InChI is InChI=1S/C15H25N3/c1-4-7-17-14-8-15(10-16-9-14)18(12(2)3)11-13-5-6-13/h8-10,12-13,17H,4-7,11H2,1-3H3. The van der Waals surface area contributed by atoms with Gasteiger partial charge in [0.05, 0.1) is 23.8 Å². The molecule has 100 valence electrons. The molecule has 18 heavy (non-hydrogen) atoms. The Kier molecular flexibility index (Phi) is 4.45. The van der Waals surface area contributed by atoms with Gasteiger partial charge in [-0.25, -0.2) is 0 Å². The summed E-state index contributed by atoms with van der Waals surface area (Å²) in [4.78, 5) is 6.84. The maximum Gasteiger partial charge on any atom is 0.0575 e. The topological polar surface area (TPSA) is 28.2 Å². The Hall–Kier alpha value is -1.25. The molecular formula is C15H25N3. The molecule has 0 aromatic carbocycles.